The number of ketones is 1. The highest BCUT2D eigenvalue weighted by Gasteiger charge is 2.19. The van der Waals surface area contributed by atoms with Gasteiger partial charge < -0.3 is 10.2 Å². The van der Waals surface area contributed by atoms with Crippen LogP contribution in [0.3, 0.4) is 0 Å². The van der Waals surface area contributed by atoms with Crippen LogP contribution in [0.2, 0.25) is 0 Å². The number of aliphatic carboxylic acids is 1. The van der Waals surface area contributed by atoms with Crippen molar-refractivity contribution in [2.24, 2.45) is 0 Å². The summed E-state index contributed by atoms with van der Waals surface area (Å²) in [6, 6.07) is 5.78. The molecule has 0 aliphatic rings. The van der Waals surface area contributed by atoms with Gasteiger partial charge in [0.2, 0.25) is 0 Å². The van der Waals surface area contributed by atoms with Crippen molar-refractivity contribution < 1.29 is 19.8 Å². The minimum atomic E-state index is -1.70. The number of rotatable bonds is 5. The fraction of sp³-hybridized carbons (Fsp3) is 0.250. The van der Waals surface area contributed by atoms with Gasteiger partial charge in [0.15, 0.2) is 11.9 Å². The summed E-state index contributed by atoms with van der Waals surface area (Å²) in [7, 11) is 0. The number of aliphatic hydroxyl groups is 1. The van der Waals surface area contributed by atoms with Crippen molar-refractivity contribution in [3.8, 4) is 6.07 Å². The Morgan fingerprint density at radius 1 is 1.44 bits per heavy atom. The predicted octanol–water partition coefficient (Wildman–Crippen LogP) is 1.64. The highest BCUT2D eigenvalue weighted by molar-refractivity contribution is 9.09. The van der Waals surface area contributed by atoms with Crippen LogP contribution in [-0.2, 0) is 4.79 Å². The van der Waals surface area contributed by atoms with Crippen LogP contribution in [0.4, 0.5) is 0 Å². The maximum Gasteiger partial charge on any atom is 0.337 e. The standard InChI is InChI=1S/C12H10BrNO4/c13-4-3-10(15)9-5-7(11(16)12(17)18)1-2-8(9)6-14/h1-2,5,11,16H,3-4H2,(H,17,18). The minimum absolute atomic E-state index is 0.0828. The van der Waals surface area contributed by atoms with E-state index in [1.807, 2.05) is 6.07 Å². The second-order valence-corrected chi connectivity index (χ2v) is 4.31. The van der Waals surface area contributed by atoms with E-state index in [0.717, 1.165) is 0 Å². The van der Waals surface area contributed by atoms with Crippen molar-refractivity contribution in [3.63, 3.8) is 0 Å². The molecule has 0 spiro atoms. The lowest BCUT2D eigenvalue weighted by molar-refractivity contribution is -0.146. The first-order valence-corrected chi connectivity index (χ1v) is 6.17. The summed E-state index contributed by atoms with van der Waals surface area (Å²) in [6.07, 6.45) is -1.50. The van der Waals surface area contributed by atoms with Crippen LogP contribution < -0.4 is 0 Å². The van der Waals surface area contributed by atoms with E-state index in [2.05, 4.69) is 15.9 Å². The molecule has 0 aliphatic carbocycles. The number of carbonyl (C=O) groups is 2. The fourth-order valence-electron chi connectivity index (χ4n) is 1.42. The number of carboxylic acid groups (broad SMARTS) is 1. The van der Waals surface area contributed by atoms with Gasteiger partial charge in [-0.1, -0.05) is 22.0 Å². The molecule has 94 valence electrons. The lowest BCUT2D eigenvalue weighted by Crippen LogP contribution is -2.12. The SMILES string of the molecule is N#Cc1ccc(C(O)C(=O)O)cc1C(=O)CCBr. The zero-order chi connectivity index (χ0) is 13.7. The number of Topliss-reactive ketones (excluding diaryl/α,β-unsaturated/α-hetero) is 1. The molecule has 0 aromatic heterocycles. The average molecular weight is 312 g/mol. The summed E-state index contributed by atoms with van der Waals surface area (Å²) in [5.74, 6) is -1.68. The van der Waals surface area contributed by atoms with Gasteiger partial charge in [0.1, 0.15) is 0 Å². The third-order valence-corrected chi connectivity index (χ3v) is 2.73. The number of benzene rings is 1. The number of carboxylic acids is 1. The van der Waals surface area contributed by atoms with Gasteiger partial charge in [-0.25, -0.2) is 4.79 Å². The highest BCUT2D eigenvalue weighted by atomic mass is 79.9. The molecule has 1 aromatic carbocycles. The van der Waals surface area contributed by atoms with E-state index in [9.17, 15) is 14.7 Å². The lowest BCUT2D eigenvalue weighted by atomic mass is 9.97. The van der Waals surface area contributed by atoms with Crippen LogP contribution >= 0.6 is 15.9 Å². The van der Waals surface area contributed by atoms with E-state index in [1.165, 1.54) is 18.2 Å². The van der Waals surface area contributed by atoms with Gasteiger partial charge in [0.25, 0.3) is 0 Å². The van der Waals surface area contributed by atoms with E-state index in [1.54, 1.807) is 0 Å². The monoisotopic (exact) mass is 311 g/mol. The molecule has 0 bridgehead atoms. The number of hydrogen-bond donors (Lipinski definition) is 2. The summed E-state index contributed by atoms with van der Waals surface area (Å²) >= 11 is 3.12. The minimum Gasteiger partial charge on any atom is -0.479 e. The molecule has 5 nitrogen and oxygen atoms in total. The van der Waals surface area contributed by atoms with Crippen molar-refractivity contribution in [1.29, 1.82) is 5.26 Å². The van der Waals surface area contributed by atoms with E-state index in [0.29, 0.717) is 5.33 Å². The van der Waals surface area contributed by atoms with E-state index in [-0.39, 0.29) is 28.9 Å². The number of halogens is 1. The van der Waals surface area contributed by atoms with E-state index < -0.39 is 12.1 Å². The fourth-order valence-corrected chi connectivity index (χ4v) is 1.78. The van der Waals surface area contributed by atoms with Crippen molar-refractivity contribution in [3.05, 3.63) is 34.9 Å². The van der Waals surface area contributed by atoms with E-state index in [4.69, 9.17) is 10.4 Å². The average Bonchev–Trinajstić information content (AvgIpc) is 2.37. The molecule has 0 saturated carbocycles. The van der Waals surface area contributed by atoms with Gasteiger partial charge in [0.05, 0.1) is 11.6 Å². The van der Waals surface area contributed by atoms with Gasteiger partial charge in [0, 0.05) is 17.3 Å². The third-order valence-electron chi connectivity index (χ3n) is 2.34. The molecule has 0 saturated heterocycles. The molecule has 18 heavy (non-hydrogen) atoms. The van der Waals surface area contributed by atoms with Gasteiger partial charge in [-0.2, -0.15) is 5.26 Å². The molecule has 0 radical (unpaired) electrons. The van der Waals surface area contributed by atoms with Crippen LogP contribution in [0.1, 0.15) is 34.0 Å². The largest absolute Gasteiger partial charge is 0.479 e. The maximum atomic E-state index is 11.8. The molecule has 6 heteroatoms. The summed E-state index contributed by atoms with van der Waals surface area (Å²) in [5.41, 5.74) is 0.386. The van der Waals surface area contributed by atoms with Crippen molar-refractivity contribution in [1.82, 2.24) is 0 Å². The maximum absolute atomic E-state index is 11.8. The molecule has 1 rings (SSSR count). The first-order chi connectivity index (χ1) is 8.51. The molecule has 1 aromatic rings. The first-order valence-electron chi connectivity index (χ1n) is 5.05. The Balaban J connectivity index is 3.22. The normalized spacial score (nSPS) is 11.6. The molecular formula is C12H10BrNO4. The van der Waals surface area contributed by atoms with Crippen LogP contribution in [0, 0.1) is 11.3 Å². The number of aliphatic hydroxyl groups excluding tert-OH is 1. The zero-order valence-corrected chi connectivity index (χ0v) is 10.8. The molecule has 0 heterocycles. The number of alkyl halides is 1. The number of nitrogens with zero attached hydrogens (tertiary/aromatic N) is 1. The molecule has 1 unspecified atom stereocenters. The van der Waals surface area contributed by atoms with Crippen molar-refractivity contribution in [2.75, 3.05) is 5.33 Å². The lowest BCUT2D eigenvalue weighted by Gasteiger charge is -2.09. The van der Waals surface area contributed by atoms with Crippen molar-refractivity contribution in [2.45, 2.75) is 12.5 Å². The Hall–Kier alpha value is -1.71. The first kappa shape index (κ1) is 14.4. The zero-order valence-electron chi connectivity index (χ0n) is 9.26. The summed E-state index contributed by atoms with van der Waals surface area (Å²) < 4.78 is 0. The van der Waals surface area contributed by atoms with Gasteiger partial charge in [-0.3, -0.25) is 4.79 Å². The van der Waals surface area contributed by atoms with Crippen molar-refractivity contribution >= 4 is 27.7 Å². The summed E-state index contributed by atoms with van der Waals surface area (Å²) in [4.78, 5) is 22.4. The number of hydrogen-bond acceptors (Lipinski definition) is 4. The predicted molar refractivity (Wildman–Crippen MR) is 66.5 cm³/mol. The molecular weight excluding hydrogens is 302 g/mol. The second-order valence-electron chi connectivity index (χ2n) is 3.52. The summed E-state index contributed by atoms with van der Waals surface area (Å²) in [5, 5.41) is 27.4. The third kappa shape index (κ3) is 3.15. The molecule has 0 aliphatic heterocycles. The van der Waals surface area contributed by atoms with Crippen LogP contribution in [0.25, 0.3) is 0 Å². The Kier molecular flexibility index (Phi) is 5.01. The summed E-state index contributed by atoms with van der Waals surface area (Å²) in [6.45, 7) is 0. The smallest absolute Gasteiger partial charge is 0.337 e. The van der Waals surface area contributed by atoms with E-state index >= 15 is 0 Å². The van der Waals surface area contributed by atoms with Gasteiger partial charge >= 0.3 is 5.97 Å². The highest BCUT2D eigenvalue weighted by Crippen LogP contribution is 2.19. The number of carbonyl (C=O) groups excluding carboxylic acids is 1. The van der Waals surface area contributed by atoms with Crippen LogP contribution in [0.5, 0.6) is 0 Å². The Morgan fingerprint density at radius 3 is 2.61 bits per heavy atom. The van der Waals surface area contributed by atoms with Crippen LogP contribution in [-0.4, -0.2) is 27.3 Å². The van der Waals surface area contributed by atoms with Gasteiger partial charge in [-0.15, -0.1) is 0 Å². The quantitative estimate of drug-likeness (QED) is 0.636. The molecule has 0 fully saturated rings. The number of nitriles is 1. The molecule has 1 atom stereocenters. The Morgan fingerprint density at radius 2 is 2.11 bits per heavy atom. The molecule has 2 N–H and O–H groups in total. The topological polar surface area (TPSA) is 98.4 Å². The Bertz CT molecular complexity index is 521. The second kappa shape index (κ2) is 6.28. The molecule has 0 amide bonds. The van der Waals surface area contributed by atoms with Crippen LogP contribution in [0.15, 0.2) is 18.2 Å². The van der Waals surface area contributed by atoms with Gasteiger partial charge in [-0.05, 0) is 17.7 Å². The Labute approximate surface area is 112 Å².